The van der Waals surface area contributed by atoms with Gasteiger partial charge in [0.25, 0.3) is 5.91 Å². The summed E-state index contributed by atoms with van der Waals surface area (Å²) in [5, 5.41) is 6.47. The number of carbonyl (C=O) groups excluding carboxylic acids is 2. The summed E-state index contributed by atoms with van der Waals surface area (Å²) < 4.78 is 27.1. The topological polar surface area (TPSA) is 95.6 Å². The van der Waals surface area contributed by atoms with E-state index in [2.05, 4.69) is 10.0 Å². The van der Waals surface area contributed by atoms with Crippen molar-refractivity contribution in [1.29, 1.82) is 0 Å². The molecule has 7 nitrogen and oxygen atoms in total. The van der Waals surface area contributed by atoms with E-state index in [1.807, 2.05) is 16.8 Å². The van der Waals surface area contributed by atoms with Gasteiger partial charge in [-0.15, -0.1) is 0 Å². The highest BCUT2D eigenvalue weighted by molar-refractivity contribution is 7.89. The van der Waals surface area contributed by atoms with Gasteiger partial charge in [0.2, 0.25) is 15.9 Å². The molecule has 2 N–H and O–H groups in total. The first-order valence-corrected chi connectivity index (χ1v) is 11.1. The van der Waals surface area contributed by atoms with Crippen molar-refractivity contribution in [2.45, 2.75) is 37.8 Å². The monoisotopic (exact) mass is 423 g/mol. The molecule has 0 fully saturated rings. The quantitative estimate of drug-likeness (QED) is 0.714. The zero-order valence-electron chi connectivity index (χ0n) is 16.4. The van der Waals surface area contributed by atoms with E-state index in [1.165, 1.54) is 29.2 Å². The third-order valence-electron chi connectivity index (χ3n) is 3.69. The summed E-state index contributed by atoms with van der Waals surface area (Å²) in [6.45, 7) is 5.59. The first kappa shape index (κ1) is 22.1. The van der Waals surface area contributed by atoms with Crippen molar-refractivity contribution in [3.8, 4) is 0 Å². The lowest BCUT2D eigenvalue weighted by Gasteiger charge is -2.20. The third-order valence-corrected chi connectivity index (χ3v) is 6.20. The number of likely N-dealkylation sites (N-methyl/N-ethyl adjacent to an activating group) is 1. The van der Waals surface area contributed by atoms with Crippen molar-refractivity contribution in [2.75, 3.05) is 13.6 Å². The molecule has 1 heterocycles. The van der Waals surface area contributed by atoms with Crippen LogP contribution in [0.3, 0.4) is 0 Å². The maximum absolute atomic E-state index is 12.3. The smallest absolute Gasteiger partial charge is 0.251 e. The summed E-state index contributed by atoms with van der Waals surface area (Å²) in [6.07, 6.45) is 0. The van der Waals surface area contributed by atoms with E-state index < -0.39 is 21.5 Å². The van der Waals surface area contributed by atoms with E-state index >= 15 is 0 Å². The van der Waals surface area contributed by atoms with E-state index in [9.17, 15) is 18.0 Å². The van der Waals surface area contributed by atoms with Gasteiger partial charge >= 0.3 is 0 Å². The fraction of sp³-hybridized carbons (Fsp3) is 0.368. The summed E-state index contributed by atoms with van der Waals surface area (Å²) in [7, 11) is -1.99. The molecular weight excluding hydrogens is 398 g/mol. The molecule has 0 saturated heterocycles. The van der Waals surface area contributed by atoms with Crippen LogP contribution in [-0.2, 0) is 21.4 Å². The predicted molar refractivity (Wildman–Crippen MR) is 110 cm³/mol. The van der Waals surface area contributed by atoms with Gasteiger partial charge in [-0.3, -0.25) is 9.59 Å². The highest BCUT2D eigenvalue weighted by Gasteiger charge is 2.22. The highest BCUT2D eigenvalue weighted by atomic mass is 32.2. The Kier molecular flexibility index (Phi) is 6.97. The maximum atomic E-state index is 12.3. The molecule has 0 aliphatic carbocycles. The lowest BCUT2D eigenvalue weighted by molar-refractivity contribution is -0.129. The number of thiophene rings is 1. The van der Waals surface area contributed by atoms with Crippen molar-refractivity contribution < 1.29 is 18.0 Å². The normalized spacial score (nSPS) is 11.9. The first-order chi connectivity index (χ1) is 13.0. The molecule has 2 amide bonds. The number of carbonyl (C=O) groups is 2. The fourth-order valence-corrected chi connectivity index (χ4v) is 4.46. The Morgan fingerprint density at radius 3 is 2.29 bits per heavy atom. The number of amides is 2. The summed E-state index contributed by atoms with van der Waals surface area (Å²) in [5.41, 5.74) is 0.709. The Balaban J connectivity index is 1.93. The van der Waals surface area contributed by atoms with Crippen LogP contribution in [0.15, 0.2) is 46.0 Å². The molecule has 0 atom stereocenters. The van der Waals surface area contributed by atoms with Crippen molar-refractivity contribution in [2.24, 2.45) is 0 Å². The zero-order chi connectivity index (χ0) is 20.9. The lowest BCUT2D eigenvalue weighted by Crippen LogP contribution is -2.40. The van der Waals surface area contributed by atoms with Crippen LogP contribution in [0.25, 0.3) is 0 Å². The summed E-state index contributed by atoms with van der Waals surface area (Å²) in [4.78, 5) is 26.0. The second-order valence-electron chi connectivity index (χ2n) is 7.44. The van der Waals surface area contributed by atoms with Gasteiger partial charge in [0, 0.05) is 24.7 Å². The Morgan fingerprint density at radius 1 is 1.11 bits per heavy atom. The van der Waals surface area contributed by atoms with Gasteiger partial charge in [-0.2, -0.15) is 11.3 Å². The largest absolute Gasteiger partial charge is 0.343 e. The SMILES string of the molecule is CN(Cc1ccsc1)C(=O)CNC(=O)c1ccc(S(=O)(=O)NC(C)(C)C)cc1. The van der Waals surface area contributed by atoms with Crippen molar-refractivity contribution >= 4 is 33.2 Å². The molecule has 0 aliphatic heterocycles. The highest BCUT2D eigenvalue weighted by Crippen LogP contribution is 2.14. The molecule has 0 unspecified atom stereocenters. The van der Waals surface area contributed by atoms with Crippen molar-refractivity contribution in [1.82, 2.24) is 14.9 Å². The molecule has 1 aromatic carbocycles. The maximum Gasteiger partial charge on any atom is 0.251 e. The Morgan fingerprint density at radius 2 is 1.75 bits per heavy atom. The number of nitrogens with zero attached hydrogens (tertiary/aromatic N) is 1. The van der Waals surface area contributed by atoms with Gasteiger partial charge in [-0.05, 0) is 67.4 Å². The van der Waals surface area contributed by atoms with Crippen molar-refractivity contribution in [3.63, 3.8) is 0 Å². The molecule has 0 saturated carbocycles. The number of hydrogen-bond acceptors (Lipinski definition) is 5. The average Bonchev–Trinajstić information content (AvgIpc) is 3.10. The second kappa shape index (κ2) is 8.85. The second-order valence-corrected chi connectivity index (χ2v) is 9.91. The Bertz CT molecular complexity index is 915. The number of benzene rings is 1. The van der Waals surface area contributed by atoms with Crippen LogP contribution < -0.4 is 10.0 Å². The molecule has 0 spiro atoms. The molecule has 28 heavy (non-hydrogen) atoms. The molecule has 2 rings (SSSR count). The van der Waals surface area contributed by atoms with Gasteiger partial charge in [0.1, 0.15) is 0 Å². The minimum Gasteiger partial charge on any atom is -0.343 e. The van der Waals surface area contributed by atoms with E-state index in [4.69, 9.17) is 0 Å². The third kappa shape index (κ3) is 6.43. The Labute approximate surface area is 169 Å². The van der Waals surface area contributed by atoms with E-state index in [0.717, 1.165) is 5.56 Å². The minimum absolute atomic E-state index is 0.0746. The summed E-state index contributed by atoms with van der Waals surface area (Å²) in [5.74, 6) is -0.655. The summed E-state index contributed by atoms with van der Waals surface area (Å²) >= 11 is 1.56. The fourth-order valence-electron chi connectivity index (χ4n) is 2.39. The number of hydrogen-bond donors (Lipinski definition) is 2. The van der Waals surface area contributed by atoms with Crippen LogP contribution in [-0.4, -0.2) is 44.3 Å². The number of rotatable bonds is 7. The number of nitrogens with one attached hydrogen (secondary N) is 2. The van der Waals surface area contributed by atoms with Gasteiger partial charge < -0.3 is 10.2 Å². The zero-order valence-corrected chi connectivity index (χ0v) is 18.0. The average molecular weight is 424 g/mol. The molecule has 152 valence electrons. The molecule has 0 bridgehead atoms. The van der Waals surface area contributed by atoms with E-state index in [-0.39, 0.29) is 22.9 Å². The van der Waals surface area contributed by atoms with Crippen LogP contribution >= 0.6 is 11.3 Å². The Hall–Kier alpha value is -2.23. The van der Waals surface area contributed by atoms with Gasteiger partial charge in [0.05, 0.1) is 11.4 Å². The van der Waals surface area contributed by atoms with E-state index in [1.54, 1.807) is 39.2 Å². The van der Waals surface area contributed by atoms with E-state index in [0.29, 0.717) is 6.54 Å². The van der Waals surface area contributed by atoms with Crippen LogP contribution in [0.1, 0.15) is 36.7 Å². The van der Waals surface area contributed by atoms with Crippen molar-refractivity contribution in [3.05, 3.63) is 52.2 Å². The molecule has 2 aromatic rings. The molecule has 0 aliphatic rings. The van der Waals surface area contributed by atoms with Gasteiger partial charge in [0.15, 0.2) is 0 Å². The molecule has 9 heteroatoms. The standard InChI is InChI=1S/C19H25N3O4S2/c1-19(2,3)21-28(25,26)16-7-5-15(6-8-16)18(24)20-11-17(23)22(4)12-14-9-10-27-13-14/h5-10,13,21H,11-12H2,1-4H3,(H,20,24). The van der Waals surface area contributed by atoms with Crippen LogP contribution in [0.4, 0.5) is 0 Å². The minimum atomic E-state index is -3.66. The predicted octanol–water partition coefficient (Wildman–Crippen LogP) is 2.21. The lowest BCUT2D eigenvalue weighted by atomic mass is 10.1. The molecule has 0 radical (unpaired) electrons. The van der Waals surface area contributed by atoms with Crippen LogP contribution in [0.5, 0.6) is 0 Å². The first-order valence-electron chi connectivity index (χ1n) is 8.65. The number of sulfonamides is 1. The van der Waals surface area contributed by atoms with Gasteiger partial charge in [-0.1, -0.05) is 0 Å². The molecule has 1 aromatic heterocycles. The molecular formula is C19H25N3O4S2. The van der Waals surface area contributed by atoms with Crippen LogP contribution in [0.2, 0.25) is 0 Å². The van der Waals surface area contributed by atoms with Crippen LogP contribution in [0, 0.1) is 0 Å². The summed E-state index contributed by atoms with van der Waals surface area (Å²) in [6, 6.07) is 7.52. The van der Waals surface area contributed by atoms with Gasteiger partial charge in [-0.25, -0.2) is 13.1 Å².